The lowest BCUT2D eigenvalue weighted by Gasteiger charge is -2.29. The molecule has 23 heavy (non-hydrogen) atoms. The van der Waals surface area contributed by atoms with Crippen molar-refractivity contribution in [3.05, 3.63) is 70.5 Å². The number of carbonyl (C=O) groups excluding carboxylic acids is 2. The second kappa shape index (κ2) is 6.32. The molecule has 1 aliphatic rings. The van der Waals surface area contributed by atoms with Gasteiger partial charge in [0.1, 0.15) is 5.82 Å². The lowest BCUT2D eigenvalue weighted by atomic mass is 9.98. The lowest BCUT2D eigenvalue weighted by molar-refractivity contribution is 0.0730. The van der Waals surface area contributed by atoms with Gasteiger partial charge < -0.3 is 4.90 Å². The van der Waals surface area contributed by atoms with E-state index in [-0.39, 0.29) is 17.3 Å². The van der Waals surface area contributed by atoms with Crippen LogP contribution in [0.1, 0.15) is 45.2 Å². The first-order valence-corrected chi connectivity index (χ1v) is 7.79. The Morgan fingerprint density at radius 2 is 1.87 bits per heavy atom. The normalized spacial score (nSPS) is 13.6. The fourth-order valence-electron chi connectivity index (χ4n) is 2.91. The van der Waals surface area contributed by atoms with E-state index in [9.17, 15) is 14.0 Å². The number of halogens is 1. The van der Waals surface area contributed by atoms with E-state index < -0.39 is 5.82 Å². The summed E-state index contributed by atoms with van der Waals surface area (Å²) in [5.74, 6) is -1.03. The summed E-state index contributed by atoms with van der Waals surface area (Å²) in [5, 5.41) is 0. The molecule has 0 bridgehead atoms. The molecule has 0 unspecified atom stereocenters. The molecule has 0 radical (unpaired) electrons. The van der Waals surface area contributed by atoms with E-state index in [1.54, 1.807) is 11.8 Å². The number of hydrogen-bond acceptors (Lipinski definition) is 2. The Kier molecular flexibility index (Phi) is 4.24. The third-order valence-corrected chi connectivity index (χ3v) is 4.26. The summed E-state index contributed by atoms with van der Waals surface area (Å²) < 4.78 is 14.1. The molecule has 1 aliphatic heterocycles. The summed E-state index contributed by atoms with van der Waals surface area (Å²) in [6.07, 6.45) is 1.09. The Morgan fingerprint density at radius 1 is 1.13 bits per heavy atom. The second-order valence-corrected chi connectivity index (χ2v) is 5.72. The van der Waals surface area contributed by atoms with Crippen LogP contribution in [0.3, 0.4) is 0 Å². The van der Waals surface area contributed by atoms with Gasteiger partial charge in [-0.3, -0.25) is 9.59 Å². The van der Waals surface area contributed by atoms with E-state index in [0.717, 1.165) is 12.0 Å². The highest BCUT2D eigenvalue weighted by Gasteiger charge is 2.24. The Hall–Kier alpha value is -2.49. The third kappa shape index (κ3) is 3.02. The Morgan fingerprint density at radius 3 is 2.61 bits per heavy atom. The van der Waals surface area contributed by atoms with Crippen molar-refractivity contribution in [2.24, 2.45) is 0 Å². The molecule has 0 saturated carbocycles. The summed E-state index contributed by atoms with van der Waals surface area (Å²) in [4.78, 5) is 26.1. The maximum absolute atomic E-state index is 14.1. The summed E-state index contributed by atoms with van der Waals surface area (Å²) >= 11 is 0. The minimum absolute atomic E-state index is 0.0244. The largest absolute Gasteiger partial charge is 0.334 e. The van der Waals surface area contributed by atoms with Crippen LogP contribution in [0.25, 0.3) is 0 Å². The van der Waals surface area contributed by atoms with Gasteiger partial charge >= 0.3 is 0 Å². The number of nitrogens with zero attached hydrogens (tertiary/aromatic N) is 1. The quantitative estimate of drug-likeness (QED) is 0.812. The van der Waals surface area contributed by atoms with Crippen LogP contribution in [0, 0.1) is 5.82 Å². The molecule has 118 valence electrons. The molecule has 0 spiro atoms. The van der Waals surface area contributed by atoms with Gasteiger partial charge in [-0.1, -0.05) is 31.2 Å². The van der Waals surface area contributed by atoms with Crippen LogP contribution in [0.5, 0.6) is 0 Å². The van der Waals surface area contributed by atoms with Crippen molar-refractivity contribution in [3.8, 4) is 0 Å². The number of hydrogen-bond donors (Lipinski definition) is 0. The highest BCUT2D eigenvalue weighted by atomic mass is 19.1. The SMILES string of the molecule is CCC(=O)c1ccc(F)c(C(=O)N2CCc3ccccc3C2)c1. The van der Waals surface area contributed by atoms with Gasteiger partial charge in [0.05, 0.1) is 5.56 Å². The summed E-state index contributed by atoms with van der Waals surface area (Å²) in [5.41, 5.74) is 2.68. The average Bonchev–Trinajstić information content (AvgIpc) is 2.60. The number of Topliss-reactive ketones (excluding diaryl/α,β-unsaturated/α-hetero) is 1. The first kappa shape index (κ1) is 15.4. The Bertz CT molecular complexity index is 770. The molecular formula is C19H18FNO2. The first-order valence-electron chi connectivity index (χ1n) is 7.79. The van der Waals surface area contributed by atoms with Gasteiger partial charge in [-0.05, 0) is 35.7 Å². The predicted molar refractivity (Wildman–Crippen MR) is 85.9 cm³/mol. The molecule has 1 amide bonds. The zero-order chi connectivity index (χ0) is 16.4. The van der Waals surface area contributed by atoms with Crippen LogP contribution in [0.15, 0.2) is 42.5 Å². The number of carbonyl (C=O) groups is 2. The molecule has 0 aromatic heterocycles. The zero-order valence-electron chi connectivity index (χ0n) is 13.0. The molecule has 3 nitrogen and oxygen atoms in total. The average molecular weight is 311 g/mol. The van der Waals surface area contributed by atoms with E-state index in [2.05, 4.69) is 6.07 Å². The van der Waals surface area contributed by atoms with Crippen molar-refractivity contribution in [3.63, 3.8) is 0 Å². The van der Waals surface area contributed by atoms with Crippen molar-refractivity contribution in [2.75, 3.05) is 6.54 Å². The molecule has 4 heteroatoms. The number of benzene rings is 2. The zero-order valence-corrected chi connectivity index (χ0v) is 13.0. The maximum atomic E-state index is 14.1. The van der Waals surface area contributed by atoms with Crippen molar-refractivity contribution in [2.45, 2.75) is 26.3 Å². The van der Waals surface area contributed by atoms with Gasteiger partial charge in [-0.25, -0.2) is 4.39 Å². The summed E-state index contributed by atoms with van der Waals surface area (Å²) in [7, 11) is 0. The fraction of sp³-hybridized carbons (Fsp3) is 0.263. The molecule has 0 fully saturated rings. The molecule has 1 heterocycles. The van der Waals surface area contributed by atoms with Gasteiger partial charge in [-0.15, -0.1) is 0 Å². The van der Waals surface area contributed by atoms with Gasteiger partial charge in [0.2, 0.25) is 0 Å². The standard InChI is InChI=1S/C19H18FNO2/c1-2-18(22)14-7-8-17(20)16(11-14)19(23)21-10-9-13-5-3-4-6-15(13)12-21/h3-8,11H,2,9-10,12H2,1H3. The Balaban J connectivity index is 1.88. The topological polar surface area (TPSA) is 37.4 Å². The van der Waals surface area contributed by atoms with Crippen LogP contribution >= 0.6 is 0 Å². The van der Waals surface area contributed by atoms with Crippen molar-refractivity contribution in [1.29, 1.82) is 0 Å². The summed E-state index contributed by atoms with van der Waals surface area (Å²) in [6, 6.07) is 12.0. The highest BCUT2D eigenvalue weighted by molar-refractivity contribution is 6.00. The number of fused-ring (bicyclic) bond motifs is 1. The van der Waals surface area contributed by atoms with Gasteiger partial charge in [0.15, 0.2) is 5.78 Å². The minimum atomic E-state index is -0.582. The number of amides is 1. The van der Waals surface area contributed by atoms with Gasteiger partial charge in [0, 0.05) is 25.1 Å². The molecule has 0 aliphatic carbocycles. The molecular weight excluding hydrogens is 293 g/mol. The van der Waals surface area contributed by atoms with Crippen LogP contribution in [0.2, 0.25) is 0 Å². The van der Waals surface area contributed by atoms with Crippen molar-refractivity contribution in [1.82, 2.24) is 4.90 Å². The molecule has 2 aromatic carbocycles. The van der Waals surface area contributed by atoms with Crippen LogP contribution in [-0.4, -0.2) is 23.1 Å². The van der Waals surface area contributed by atoms with Crippen LogP contribution in [0.4, 0.5) is 4.39 Å². The van der Waals surface area contributed by atoms with E-state index in [1.165, 1.54) is 23.8 Å². The van der Waals surface area contributed by atoms with Gasteiger partial charge in [0.25, 0.3) is 5.91 Å². The summed E-state index contributed by atoms with van der Waals surface area (Å²) in [6.45, 7) is 2.77. The lowest BCUT2D eigenvalue weighted by Crippen LogP contribution is -2.36. The monoisotopic (exact) mass is 311 g/mol. The van der Waals surface area contributed by atoms with E-state index in [1.807, 2.05) is 18.2 Å². The maximum Gasteiger partial charge on any atom is 0.257 e. The molecule has 2 aromatic rings. The minimum Gasteiger partial charge on any atom is -0.334 e. The van der Waals surface area contributed by atoms with Crippen molar-refractivity contribution >= 4 is 11.7 Å². The van der Waals surface area contributed by atoms with Crippen LogP contribution < -0.4 is 0 Å². The molecule has 3 rings (SSSR count). The third-order valence-electron chi connectivity index (χ3n) is 4.26. The Labute approximate surface area is 134 Å². The number of rotatable bonds is 3. The van der Waals surface area contributed by atoms with Gasteiger partial charge in [-0.2, -0.15) is 0 Å². The smallest absolute Gasteiger partial charge is 0.257 e. The number of ketones is 1. The van der Waals surface area contributed by atoms with E-state index in [0.29, 0.717) is 25.1 Å². The second-order valence-electron chi connectivity index (χ2n) is 5.72. The van der Waals surface area contributed by atoms with Crippen LogP contribution in [-0.2, 0) is 13.0 Å². The first-order chi connectivity index (χ1) is 11.1. The molecule has 0 saturated heterocycles. The van der Waals surface area contributed by atoms with Crippen molar-refractivity contribution < 1.29 is 14.0 Å². The van der Waals surface area contributed by atoms with E-state index >= 15 is 0 Å². The fourth-order valence-corrected chi connectivity index (χ4v) is 2.91. The molecule has 0 atom stereocenters. The van der Waals surface area contributed by atoms with E-state index in [4.69, 9.17) is 0 Å². The molecule has 0 N–H and O–H groups in total. The predicted octanol–water partition coefficient (Wildman–Crippen LogP) is 3.62. The highest BCUT2D eigenvalue weighted by Crippen LogP contribution is 2.22.